The van der Waals surface area contributed by atoms with Crippen LogP contribution in [0.2, 0.25) is 5.02 Å². The summed E-state index contributed by atoms with van der Waals surface area (Å²) in [5.74, 6) is 0.0429. The lowest BCUT2D eigenvalue weighted by Crippen LogP contribution is -2.48. The normalized spacial score (nSPS) is 17.5. The number of hydrogen-bond donors (Lipinski definition) is 1. The van der Waals surface area contributed by atoms with Gasteiger partial charge in [0.1, 0.15) is 0 Å². The Labute approximate surface area is 150 Å². The van der Waals surface area contributed by atoms with Crippen LogP contribution in [0.5, 0.6) is 0 Å². The lowest BCUT2D eigenvalue weighted by Gasteiger charge is -2.36. The Morgan fingerprint density at radius 3 is 2.58 bits per heavy atom. The minimum atomic E-state index is 0.0429. The first-order chi connectivity index (χ1) is 11.4. The zero-order valence-corrected chi connectivity index (χ0v) is 15.9. The number of benzene rings is 1. The molecular weight excluding hydrogens is 324 g/mol. The first-order valence-electron chi connectivity index (χ1n) is 8.56. The largest absolute Gasteiger partial charge is 0.376 e. The molecule has 1 aliphatic heterocycles. The molecule has 1 saturated heterocycles. The van der Waals surface area contributed by atoms with Crippen LogP contribution in [0, 0.1) is 0 Å². The molecule has 0 spiro atoms. The monoisotopic (exact) mass is 352 g/mol. The minimum Gasteiger partial charge on any atom is -0.376 e. The van der Waals surface area contributed by atoms with Gasteiger partial charge in [0.15, 0.2) is 0 Å². The van der Waals surface area contributed by atoms with Gasteiger partial charge in [-0.25, -0.2) is 0 Å². The Morgan fingerprint density at radius 2 is 1.96 bits per heavy atom. The van der Waals surface area contributed by atoms with Gasteiger partial charge in [-0.05, 0) is 38.6 Å². The Bertz CT molecular complexity index is 556. The minimum absolute atomic E-state index is 0.0429. The summed E-state index contributed by atoms with van der Waals surface area (Å²) in [5.41, 5.74) is 1.73. The standard InChI is InChI=1S/C18H29ClN4O/c1-14(23-11-9-22(4)10-12-23)5-8-18(24)20-16-13-15(19)6-7-17(16)21(2)3/h6-7,13-14H,5,8-12H2,1-4H3,(H,20,24). The van der Waals surface area contributed by atoms with Crippen molar-refractivity contribution in [1.29, 1.82) is 0 Å². The first kappa shape index (κ1) is 19.0. The number of anilines is 2. The summed E-state index contributed by atoms with van der Waals surface area (Å²) in [6, 6.07) is 5.99. The van der Waals surface area contributed by atoms with Crippen LogP contribution in [-0.2, 0) is 4.79 Å². The van der Waals surface area contributed by atoms with Gasteiger partial charge in [-0.3, -0.25) is 9.69 Å². The number of carbonyl (C=O) groups excluding carboxylic acids is 1. The van der Waals surface area contributed by atoms with Crippen LogP contribution in [0.1, 0.15) is 19.8 Å². The third kappa shape index (κ3) is 5.36. The van der Waals surface area contributed by atoms with Gasteiger partial charge in [0.25, 0.3) is 0 Å². The van der Waals surface area contributed by atoms with E-state index >= 15 is 0 Å². The van der Waals surface area contributed by atoms with Crippen molar-refractivity contribution in [2.75, 3.05) is 57.5 Å². The van der Waals surface area contributed by atoms with E-state index < -0.39 is 0 Å². The molecule has 134 valence electrons. The molecule has 6 heteroatoms. The second-order valence-electron chi connectivity index (χ2n) is 6.83. The summed E-state index contributed by atoms with van der Waals surface area (Å²) < 4.78 is 0. The number of carbonyl (C=O) groups is 1. The van der Waals surface area contributed by atoms with Crippen molar-refractivity contribution in [3.8, 4) is 0 Å². The highest BCUT2D eigenvalue weighted by Gasteiger charge is 2.20. The highest BCUT2D eigenvalue weighted by atomic mass is 35.5. The molecule has 1 amide bonds. The Kier molecular flexibility index (Phi) is 6.90. The van der Waals surface area contributed by atoms with Crippen molar-refractivity contribution >= 4 is 28.9 Å². The van der Waals surface area contributed by atoms with Crippen molar-refractivity contribution in [1.82, 2.24) is 9.80 Å². The maximum absolute atomic E-state index is 12.3. The zero-order chi connectivity index (χ0) is 17.7. The van der Waals surface area contributed by atoms with Crippen LogP contribution in [0.25, 0.3) is 0 Å². The highest BCUT2D eigenvalue weighted by molar-refractivity contribution is 6.31. The van der Waals surface area contributed by atoms with Crippen LogP contribution in [0.4, 0.5) is 11.4 Å². The van der Waals surface area contributed by atoms with Gasteiger partial charge in [-0.2, -0.15) is 0 Å². The van der Waals surface area contributed by atoms with Crippen molar-refractivity contribution in [2.24, 2.45) is 0 Å². The van der Waals surface area contributed by atoms with E-state index in [9.17, 15) is 4.79 Å². The molecule has 1 fully saturated rings. The number of nitrogens with zero attached hydrogens (tertiary/aromatic N) is 3. The number of hydrogen-bond acceptors (Lipinski definition) is 4. The first-order valence-corrected chi connectivity index (χ1v) is 8.94. The van der Waals surface area contributed by atoms with E-state index in [2.05, 4.69) is 29.1 Å². The Hall–Kier alpha value is -1.30. The molecule has 2 rings (SSSR count). The smallest absolute Gasteiger partial charge is 0.224 e. The molecule has 1 aliphatic rings. The Balaban J connectivity index is 1.86. The second kappa shape index (κ2) is 8.70. The molecular formula is C18H29ClN4O. The summed E-state index contributed by atoms with van der Waals surface area (Å²) in [7, 11) is 6.06. The van der Waals surface area contributed by atoms with Crippen LogP contribution in [-0.4, -0.2) is 69.1 Å². The summed E-state index contributed by atoms with van der Waals surface area (Å²) >= 11 is 6.07. The topological polar surface area (TPSA) is 38.8 Å². The number of nitrogens with one attached hydrogen (secondary N) is 1. The van der Waals surface area contributed by atoms with Gasteiger partial charge in [0.05, 0.1) is 11.4 Å². The summed E-state index contributed by atoms with van der Waals surface area (Å²) in [4.78, 5) is 19.1. The summed E-state index contributed by atoms with van der Waals surface area (Å²) in [5, 5.41) is 3.63. The average Bonchev–Trinajstić information content (AvgIpc) is 2.53. The van der Waals surface area contributed by atoms with Gasteiger partial charge in [-0.15, -0.1) is 0 Å². The molecule has 1 atom stereocenters. The van der Waals surface area contributed by atoms with Crippen LogP contribution < -0.4 is 10.2 Å². The van der Waals surface area contributed by atoms with E-state index in [4.69, 9.17) is 11.6 Å². The van der Waals surface area contributed by atoms with Crippen molar-refractivity contribution in [2.45, 2.75) is 25.8 Å². The predicted molar refractivity (Wildman–Crippen MR) is 102 cm³/mol. The van der Waals surface area contributed by atoms with E-state index in [1.165, 1.54) is 0 Å². The molecule has 1 unspecified atom stereocenters. The molecule has 24 heavy (non-hydrogen) atoms. The fourth-order valence-corrected chi connectivity index (χ4v) is 3.17. The molecule has 1 aromatic rings. The SMILES string of the molecule is CC(CCC(=O)Nc1cc(Cl)ccc1N(C)C)N1CCN(C)CC1. The Morgan fingerprint density at radius 1 is 1.29 bits per heavy atom. The maximum Gasteiger partial charge on any atom is 0.224 e. The molecule has 0 radical (unpaired) electrons. The van der Waals surface area contributed by atoms with Gasteiger partial charge < -0.3 is 15.1 Å². The molecule has 1 aromatic carbocycles. The average molecular weight is 353 g/mol. The summed E-state index contributed by atoms with van der Waals surface area (Å²) in [6.45, 7) is 6.58. The quantitative estimate of drug-likeness (QED) is 0.854. The molecule has 0 saturated carbocycles. The van der Waals surface area contributed by atoms with Crippen LogP contribution in [0.15, 0.2) is 18.2 Å². The molecule has 1 heterocycles. The number of likely N-dealkylation sites (N-methyl/N-ethyl adjacent to an activating group) is 1. The zero-order valence-electron chi connectivity index (χ0n) is 15.2. The molecule has 0 aromatic heterocycles. The fourth-order valence-electron chi connectivity index (χ4n) is 3.00. The summed E-state index contributed by atoms with van der Waals surface area (Å²) in [6.07, 6.45) is 1.39. The molecule has 0 bridgehead atoms. The molecule has 5 nitrogen and oxygen atoms in total. The number of piperazine rings is 1. The molecule has 1 N–H and O–H groups in total. The van der Waals surface area contributed by atoms with Gasteiger partial charge in [0.2, 0.25) is 5.91 Å². The van der Waals surface area contributed by atoms with Crippen molar-refractivity contribution in [3.63, 3.8) is 0 Å². The second-order valence-corrected chi connectivity index (χ2v) is 7.27. The lowest BCUT2D eigenvalue weighted by atomic mass is 10.1. The van der Waals surface area contributed by atoms with E-state index in [1.807, 2.05) is 31.1 Å². The van der Waals surface area contributed by atoms with Gasteiger partial charge >= 0.3 is 0 Å². The number of amides is 1. The number of halogens is 1. The third-order valence-corrected chi connectivity index (χ3v) is 4.90. The van der Waals surface area contributed by atoms with E-state index in [0.717, 1.165) is 44.0 Å². The van der Waals surface area contributed by atoms with E-state index in [0.29, 0.717) is 17.5 Å². The van der Waals surface area contributed by atoms with Crippen molar-refractivity contribution < 1.29 is 4.79 Å². The van der Waals surface area contributed by atoms with Crippen molar-refractivity contribution in [3.05, 3.63) is 23.2 Å². The molecule has 0 aliphatic carbocycles. The fraction of sp³-hybridized carbons (Fsp3) is 0.611. The third-order valence-electron chi connectivity index (χ3n) is 4.66. The predicted octanol–water partition coefficient (Wildman–Crippen LogP) is 2.76. The number of rotatable bonds is 6. The maximum atomic E-state index is 12.3. The highest BCUT2D eigenvalue weighted by Crippen LogP contribution is 2.28. The van der Waals surface area contributed by atoms with Crippen LogP contribution in [0.3, 0.4) is 0 Å². The van der Waals surface area contributed by atoms with E-state index in [1.54, 1.807) is 6.07 Å². The van der Waals surface area contributed by atoms with Gasteiger partial charge in [0, 0.05) is 57.8 Å². The lowest BCUT2D eigenvalue weighted by molar-refractivity contribution is -0.116. The van der Waals surface area contributed by atoms with E-state index in [-0.39, 0.29) is 5.91 Å². The van der Waals surface area contributed by atoms with Gasteiger partial charge in [-0.1, -0.05) is 11.6 Å². The van der Waals surface area contributed by atoms with Crippen LogP contribution >= 0.6 is 11.6 Å².